The summed E-state index contributed by atoms with van der Waals surface area (Å²) in [6.07, 6.45) is 6.20. The van der Waals surface area contributed by atoms with Gasteiger partial charge in [-0.1, -0.05) is 87.0 Å². The number of para-hydroxylation sites is 1. The van der Waals surface area contributed by atoms with Gasteiger partial charge in [0.2, 0.25) is 0 Å². The first-order valence-electron chi connectivity index (χ1n) is 16.5. The highest BCUT2D eigenvalue weighted by atomic mass is 16.5. The highest BCUT2D eigenvalue weighted by molar-refractivity contribution is 6.09. The SMILES string of the molecule is Cc1ccc(N2C=CN(c3cccc(Oc4ccc5c6ccccc6n(-c6cc(C(C)(C)C)ccn6)c5c4)c3)C2)c(-c2ccccc2)c1. The number of hydrogen-bond donors (Lipinski definition) is 0. The molecule has 0 N–H and O–H groups in total. The van der Waals surface area contributed by atoms with Gasteiger partial charge in [0.05, 0.1) is 23.4 Å². The molecule has 1 aliphatic heterocycles. The van der Waals surface area contributed by atoms with Crippen LogP contribution in [-0.2, 0) is 5.41 Å². The molecule has 2 aromatic heterocycles. The van der Waals surface area contributed by atoms with Crippen LogP contribution in [0.1, 0.15) is 31.9 Å². The van der Waals surface area contributed by atoms with Gasteiger partial charge in [-0.15, -0.1) is 0 Å². The second-order valence-corrected chi connectivity index (χ2v) is 13.5. The van der Waals surface area contributed by atoms with Gasteiger partial charge in [-0.05, 0) is 78.1 Å². The Kier molecular flexibility index (Phi) is 7.25. The number of pyridine rings is 1. The van der Waals surface area contributed by atoms with E-state index in [1.165, 1.54) is 38.7 Å². The van der Waals surface area contributed by atoms with Crippen molar-refractivity contribution in [2.45, 2.75) is 33.1 Å². The second kappa shape index (κ2) is 11.8. The summed E-state index contributed by atoms with van der Waals surface area (Å²) in [5.74, 6) is 2.47. The summed E-state index contributed by atoms with van der Waals surface area (Å²) in [6.45, 7) is 9.56. The molecule has 7 aromatic rings. The molecular weight excluding hydrogens is 589 g/mol. The molecule has 5 heteroatoms. The zero-order valence-corrected chi connectivity index (χ0v) is 27.8. The predicted octanol–water partition coefficient (Wildman–Crippen LogP) is 11.0. The van der Waals surface area contributed by atoms with Crippen LogP contribution in [0.25, 0.3) is 38.8 Å². The number of benzene rings is 5. The molecule has 0 bridgehead atoms. The number of hydrogen-bond acceptors (Lipinski definition) is 4. The Balaban J connectivity index is 1.09. The van der Waals surface area contributed by atoms with Crippen molar-refractivity contribution in [1.82, 2.24) is 9.55 Å². The van der Waals surface area contributed by atoms with Crippen molar-refractivity contribution < 1.29 is 4.74 Å². The van der Waals surface area contributed by atoms with Gasteiger partial charge in [0, 0.05) is 52.8 Å². The van der Waals surface area contributed by atoms with Crippen LogP contribution in [0.4, 0.5) is 11.4 Å². The molecule has 0 aliphatic carbocycles. The Labute approximate surface area is 282 Å². The molecule has 0 saturated carbocycles. The molecule has 0 saturated heterocycles. The van der Waals surface area contributed by atoms with E-state index in [4.69, 9.17) is 9.72 Å². The molecule has 48 heavy (non-hydrogen) atoms. The van der Waals surface area contributed by atoms with Crippen LogP contribution >= 0.6 is 0 Å². The van der Waals surface area contributed by atoms with Gasteiger partial charge in [-0.3, -0.25) is 4.57 Å². The Hall–Kier alpha value is -5.81. The zero-order valence-electron chi connectivity index (χ0n) is 27.8. The van der Waals surface area contributed by atoms with Gasteiger partial charge < -0.3 is 14.5 Å². The molecule has 0 radical (unpaired) electrons. The lowest BCUT2D eigenvalue weighted by molar-refractivity contribution is 0.483. The van der Waals surface area contributed by atoms with Crippen LogP contribution in [0.3, 0.4) is 0 Å². The molecule has 3 heterocycles. The van der Waals surface area contributed by atoms with Crippen molar-refractivity contribution in [3.05, 3.63) is 157 Å². The van der Waals surface area contributed by atoms with Crippen molar-refractivity contribution in [2.24, 2.45) is 0 Å². The topological polar surface area (TPSA) is 33.5 Å². The summed E-state index contributed by atoms with van der Waals surface area (Å²) < 4.78 is 8.81. The molecule has 5 aromatic carbocycles. The Bertz CT molecular complexity index is 2310. The summed E-state index contributed by atoms with van der Waals surface area (Å²) in [4.78, 5) is 9.37. The highest BCUT2D eigenvalue weighted by Crippen LogP contribution is 2.38. The van der Waals surface area contributed by atoms with Crippen molar-refractivity contribution in [3.63, 3.8) is 0 Å². The maximum absolute atomic E-state index is 6.56. The van der Waals surface area contributed by atoms with Gasteiger partial charge in [0.15, 0.2) is 0 Å². The molecule has 1 aliphatic rings. The quantitative estimate of drug-likeness (QED) is 0.184. The van der Waals surface area contributed by atoms with E-state index in [0.29, 0.717) is 6.67 Å². The van der Waals surface area contributed by atoms with Gasteiger partial charge in [0.25, 0.3) is 0 Å². The van der Waals surface area contributed by atoms with Crippen LogP contribution in [0, 0.1) is 6.92 Å². The normalized spacial score (nSPS) is 13.2. The van der Waals surface area contributed by atoms with Crippen LogP contribution in [0.2, 0.25) is 0 Å². The van der Waals surface area contributed by atoms with E-state index >= 15 is 0 Å². The third-order valence-electron chi connectivity index (χ3n) is 9.15. The van der Waals surface area contributed by atoms with Gasteiger partial charge in [-0.25, -0.2) is 4.98 Å². The van der Waals surface area contributed by atoms with E-state index in [0.717, 1.165) is 34.0 Å². The van der Waals surface area contributed by atoms with Crippen LogP contribution in [0.15, 0.2) is 146 Å². The molecule has 0 fully saturated rings. The van der Waals surface area contributed by atoms with Crippen molar-refractivity contribution in [1.29, 1.82) is 0 Å². The zero-order chi connectivity index (χ0) is 32.8. The molecule has 5 nitrogen and oxygen atoms in total. The number of fused-ring (bicyclic) bond motifs is 3. The first-order chi connectivity index (χ1) is 23.3. The van der Waals surface area contributed by atoms with Crippen LogP contribution in [-0.4, -0.2) is 16.2 Å². The summed E-state index contributed by atoms with van der Waals surface area (Å²) in [5, 5.41) is 2.36. The molecule has 0 amide bonds. The first-order valence-corrected chi connectivity index (χ1v) is 16.5. The fraction of sp³-hybridized carbons (Fsp3) is 0.140. The monoisotopic (exact) mass is 626 g/mol. The summed E-state index contributed by atoms with van der Waals surface area (Å²) >= 11 is 0. The molecule has 0 atom stereocenters. The molecule has 236 valence electrons. The number of aryl methyl sites for hydroxylation is 1. The number of rotatable bonds is 6. The average Bonchev–Trinajstić information content (AvgIpc) is 3.72. The maximum atomic E-state index is 6.56. The van der Waals surface area contributed by atoms with Crippen molar-refractivity contribution in [2.75, 3.05) is 16.5 Å². The lowest BCUT2D eigenvalue weighted by Crippen LogP contribution is -2.25. The van der Waals surface area contributed by atoms with Crippen LogP contribution in [0.5, 0.6) is 11.5 Å². The smallest absolute Gasteiger partial charge is 0.137 e. The standard InChI is InChI=1S/C43H38N4O/c1-30-17-20-39(38(25-30)31-11-6-5-7-12-31)46-24-23-45(29-46)33-13-10-14-34(27-33)48-35-18-19-37-36-15-8-9-16-40(36)47(41(37)28-35)42-26-32(21-22-44-42)43(2,3)4/h5-28H,29H2,1-4H3. The molecule has 0 unspecified atom stereocenters. The van der Waals surface area contributed by atoms with E-state index in [1.807, 2.05) is 12.3 Å². The Morgan fingerprint density at radius 3 is 2.27 bits per heavy atom. The number of anilines is 2. The van der Waals surface area contributed by atoms with Gasteiger partial charge in [0.1, 0.15) is 17.3 Å². The Morgan fingerprint density at radius 2 is 1.42 bits per heavy atom. The minimum Gasteiger partial charge on any atom is -0.457 e. The van der Waals surface area contributed by atoms with E-state index in [9.17, 15) is 0 Å². The second-order valence-electron chi connectivity index (χ2n) is 13.5. The minimum absolute atomic E-state index is 0.0155. The average molecular weight is 627 g/mol. The van der Waals surface area contributed by atoms with E-state index in [1.54, 1.807) is 0 Å². The number of aromatic nitrogens is 2. The predicted molar refractivity (Wildman–Crippen MR) is 199 cm³/mol. The summed E-state index contributed by atoms with van der Waals surface area (Å²) in [6, 6.07) is 44.8. The lowest BCUT2D eigenvalue weighted by atomic mass is 9.88. The molecule has 0 spiro atoms. The van der Waals surface area contributed by atoms with E-state index < -0.39 is 0 Å². The lowest BCUT2D eigenvalue weighted by Gasteiger charge is -2.24. The fourth-order valence-electron chi connectivity index (χ4n) is 6.62. The Morgan fingerprint density at radius 1 is 0.646 bits per heavy atom. The largest absolute Gasteiger partial charge is 0.457 e. The van der Waals surface area contributed by atoms with Gasteiger partial charge in [-0.2, -0.15) is 0 Å². The van der Waals surface area contributed by atoms with Gasteiger partial charge >= 0.3 is 0 Å². The van der Waals surface area contributed by atoms with Crippen molar-refractivity contribution >= 4 is 33.2 Å². The van der Waals surface area contributed by atoms with Crippen molar-refractivity contribution in [3.8, 4) is 28.4 Å². The highest BCUT2D eigenvalue weighted by Gasteiger charge is 2.21. The summed E-state index contributed by atoms with van der Waals surface area (Å²) in [7, 11) is 0. The maximum Gasteiger partial charge on any atom is 0.137 e. The van der Waals surface area contributed by atoms with Crippen LogP contribution < -0.4 is 14.5 Å². The minimum atomic E-state index is 0.0155. The number of ether oxygens (including phenoxy) is 1. The first kappa shape index (κ1) is 29.6. The molecule has 8 rings (SSSR count). The van der Waals surface area contributed by atoms with E-state index in [2.05, 4.69) is 176 Å². The number of nitrogens with zero attached hydrogens (tertiary/aromatic N) is 4. The third-order valence-corrected chi connectivity index (χ3v) is 9.15. The summed E-state index contributed by atoms with van der Waals surface area (Å²) in [5.41, 5.74) is 9.39. The fourth-order valence-corrected chi connectivity index (χ4v) is 6.62. The van der Waals surface area contributed by atoms with E-state index in [-0.39, 0.29) is 5.41 Å². The third kappa shape index (κ3) is 5.47. The molecular formula is C43H38N4O.